The van der Waals surface area contributed by atoms with Crippen LogP contribution in [0.25, 0.3) is 0 Å². The Labute approximate surface area is 106 Å². The zero-order valence-corrected chi connectivity index (χ0v) is 10.5. The van der Waals surface area contributed by atoms with E-state index in [1.165, 1.54) is 6.20 Å². The van der Waals surface area contributed by atoms with E-state index < -0.39 is 0 Å². The summed E-state index contributed by atoms with van der Waals surface area (Å²) >= 11 is 5.83. The summed E-state index contributed by atoms with van der Waals surface area (Å²) in [5, 5.41) is 0.522. The second kappa shape index (κ2) is 5.47. The van der Waals surface area contributed by atoms with Crippen molar-refractivity contribution in [2.45, 2.75) is 18.9 Å². The Bertz CT molecular complexity index is 405. The number of carbonyl (C=O) groups is 1. The molecule has 4 nitrogen and oxygen atoms in total. The van der Waals surface area contributed by atoms with Crippen molar-refractivity contribution in [2.24, 2.45) is 0 Å². The van der Waals surface area contributed by atoms with E-state index in [1.807, 2.05) is 0 Å². The van der Waals surface area contributed by atoms with Gasteiger partial charge in [-0.2, -0.15) is 0 Å². The molecule has 2 rings (SSSR count). The van der Waals surface area contributed by atoms with Gasteiger partial charge in [-0.05, 0) is 25.0 Å². The Morgan fingerprint density at radius 1 is 1.71 bits per heavy atom. The van der Waals surface area contributed by atoms with Crippen LogP contribution in [-0.2, 0) is 4.74 Å². The molecule has 5 heteroatoms. The summed E-state index contributed by atoms with van der Waals surface area (Å²) < 4.78 is 5.49. The molecule has 1 aromatic heterocycles. The predicted octanol–water partition coefficient (Wildman–Crippen LogP) is 1.99. The van der Waals surface area contributed by atoms with Crippen LogP contribution in [0.3, 0.4) is 0 Å². The summed E-state index contributed by atoms with van der Waals surface area (Å²) in [6.45, 7) is 1.40. The molecule has 1 aliphatic rings. The van der Waals surface area contributed by atoms with Crippen LogP contribution >= 0.6 is 11.6 Å². The molecule has 0 N–H and O–H groups in total. The molecule has 1 unspecified atom stereocenters. The molecule has 1 aromatic rings. The van der Waals surface area contributed by atoms with Crippen molar-refractivity contribution >= 4 is 17.5 Å². The van der Waals surface area contributed by atoms with Crippen LogP contribution in [0, 0.1) is 0 Å². The van der Waals surface area contributed by atoms with E-state index in [4.69, 9.17) is 16.3 Å². The van der Waals surface area contributed by atoms with Crippen molar-refractivity contribution in [3.8, 4) is 0 Å². The first kappa shape index (κ1) is 12.3. The van der Waals surface area contributed by atoms with Gasteiger partial charge in [-0.3, -0.25) is 9.78 Å². The predicted molar refractivity (Wildman–Crippen MR) is 65.2 cm³/mol. The molecular formula is C12H15ClN2O2. The second-order valence-electron chi connectivity index (χ2n) is 4.18. The van der Waals surface area contributed by atoms with Gasteiger partial charge in [-0.15, -0.1) is 0 Å². The zero-order valence-electron chi connectivity index (χ0n) is 9.73. The highest BCUT2D eigenvalue weighted by Crippen LogP contribution is 2.14. The molecule has 0 aromatic carbocycles. The van der Waals surface area contributed by atoms with Crippen molar-refractivity contribution < 1.29 is 9.53 Å². The number of likely N-dealkylation sites (N-methyl/N-ethyl adjacent to an activating group) is 1. The van der Waals surface area contributed by atoms with Gasteiger partial charge in [0.1, 0.15) is 5.69 Å². The van der Waals surface area contributed by atoms with Crippen molar-refractivity contribution in [1.82, 2.24) is 9.88 Å². The lowest BCUT2D eigenvalue weighted by molar-refractivity contribution is 0.0583. The van der Waals surface area contributed by atoms with Crippen molar-refractivity contribution in [2.75, 3.05) is 20.2 Å². The molecular weight excluding hydrogens is 240 g/mol. The normalized spacial score (nSPS) is 19.3. The van der Waals surface area contributed by atoms with Crippen LogP contribution in [0.1, 0.15) is 23.3 Å². The topological polar surface area (TPSA) is 42.4 Å². The second-order valence-corrected chi connectivity index (χ2v) is 4.62. The van der Waals surface area contributed by atoms with Gasteiger partial charge in [0, 0.05) is 31.4 Å². The van der Waals surface area contributed by atoms with Gasteiger partial charge in [0.25, 0.3) is 5.91 Å². The van der Waals surface area contributed by atoms with Crippen molar-refractivity contribution in [3.05, 3.63) is 29.0 Å². The summed E-state index contributed by atoms with van der Waals surface area (Å²) in [6, 6.07) is 3.23. The summed E-state index contributed by atoms with van der Waals surface area (Å²) in [4.78, 5) is 17.7. The molecule has 0 bridgehead atoms. The summed E-state index contributed by atoms with van der Waals surface area (Å²) in [5.74, 6) is -0.122. The highest BCUT2D eigenvalue weighted by atomic mass is 35.5. The highest BCUT2D eigenvalue weighted by Gasteiger charge is 2.21. The average molecular weight is 255 g/mol. The Kier molecular flexibility index (Phi) is 3.97. The van der Waals surface area contributed by atoms with Crippen LogP contribution in [0.5, 0.6) is 0 Å². The van der Waals surface area contributed by atoms with Gasteiger partial charge in [-0.25, -0.2) is 0 Å². The molecule has 0 aliphatic carbocycles. The monoisotopic (exact) mass is 254 g/mol. The number of hydrogen-bond donors (Lipinski definition) is 0. The molecule has 1 saturated heterocycles. The Hall–Kier alpha value is -1.13. The minimum Gasteiger partial charge on any atom is -0.376 e. The number of pyridine rings is 1. The van der Waals surface area contributed by atoms with Crippen LogP contribution < -0.4 is 0 Å². The molecule has 1 aliphatic heterocycles. The van der Waals surface area contributed by atoms with E-state index in [-0.39, 0.29) is 12.0 Å². The molecule has 92 valence electrons. The number of aromatic nitrogens is 1. The molecule has 0 saturated carbocycles. The summed E-state index contributed by atoms with van der Waals surface area (Å²) in [7, 11) is 1.76. The molecule has 1 atom stereocenters. The van der Waals surface area contributed by atoms with Crippen molar-refractivity contribution in [3.63, 3.8) is 0 Å². The molecule has 1 fully saturated rings. The van der Waals surface area contributed by atoms with E-state index in [9.17, 15) is 4.79 Å². The number of ether oxygens (including phenoxy) is 1. The molecule has 0 radical (unpaired) electrons. The van der Waals surface area contributed by atoms with E-state index in [2.05, 4.69) is 4.98 Å². The minimum absolute atomic E-state index is 0.122. The lowest BCUT2D eigenvalue weighted by atomic mass is 10.2. The van der Waals surface area contributed by atoms with E-state index in [0.29, 0.717) is 17.3 Å². The first-order valence-corrected chi connectivity index (χ1v) is 6.03. The lowest BCUT2D eigenvalue weighted by Gasteiger charge is -2.20. The molecule has 17 heavy (non-hydrogen) atoms. The number of carbonyl (C=O) groups excluding carboxylic acids is 1. The third-order valence-corrected chi connectivity index (χ3v) is 3.02. The fourth-order valence-corrected chi connectivity index (χ4v) is 2.05. The molecule has 1 amide bonds. The summed E-state index contributed by atoms with van der Waals surface area (Å²) in [6.07, 6.45) is 3.78. The van der Waals surface area contributed by atoms with E-state index in [0.717, 1.165) is 19.4 Å². The largest absolute Gasteiger partial charge is 0.376 e. The minimum atomic E-state index is -0.122. The first-order chi connectivity index (χ1) is 8.16. The number of amides is 1. The third kappa shape index (κ3) is 3.17. The standard InChI is InChI=1S/C12H15ClN2O2/c1-15(8-10-3-2-6-17-10)12(16)11-7-9(13)4-5-14-11/h4-5,7,10H,2-3,6,8H2,1H3. The maximum absolute atomic E-state index is 12.0. The number of hydrogen-bond acceptors (Lipinski definition) is 3. The quantitative estimate of drug-likeness (QED) is 0.828. The van der Waals surface area contributed by atoms with Gasteiger partial charge >= 0.3 is 0 Å². The maximum atomic E-state index is 12.0. The number of rotatable bonds is 3. The van der Waals surface area contributed by atoms with Crippen molar-refractivity contribution in [1.29, 1.82) is 0 Å². The highest BCUT2D eigenvalue weighted by molar-refractivity contribution is 6.30. The number of nitrogens with zero attached hydrogens (tertiary/aromatic N) is 2. The smallest absolute Gasteiger partial charge is 0.272 e. The molecule has 0 spiro atoms. The van der Waals surface area contributed by atoms with Crippen LogP contribution in [-0.4, -0.2) is 42.1 Å². The Balaban J connectivity index is 1.98. The van der Waals surface area contributed by atoms with Gasteiger partial charge in [0.05, 0.1) is 6.10 Å². The lowest BCUT2D eigenvalue weighted by Crippen LogP contribution is -2.34. The van der Waals surface area contributed by atoms with Gasteiger partial charge in [0.15, 0.2) is 0 Å². The SMILES string of the molecule is CN(CC1CCCO1)C(=O)c1cc(Cl)ccn1. The zero-order chi connectivity index (χ0) is 12.3. The number of halogens is 1. The third-order valence-electron chi connectivity index (χ3n) is 2.79. The summed E-state index contributed by atoms with van der Waals surface area (Å²) in [5.41, 5.74) is 0.373. The van der Waals surface area contributed by atoms with Crippen LogP contribution in [0.15, 0.2) is 18.3 Å². The van der Waals surface area contributed by atoms with E-state index in [1.54, 1.807) is 24.1 Å². The molecule has 2 heterocycles. The van der Waals surface area contributed by atoms with Crippen LogP contribution in [0.4, 0.5) is 0 Å². The first-order valence-electron chi connectivity index (χ1n) is 5.65. The van der Waals surface area contributed by atoms with Crippen LogP contribution in [0.2, 0.25) is 5.02 Å². The fourth-order valence-electron chi connectivity index (χ4n) is 1.89. The average Bonchev–Trinajstić information content (AvgIpc) is 2.80. The Morgan fingerprint density at radius 2 is 2.53 bits per heavy atom. The fraction of sp³-hybridized carbons (Fsp3) is 0.500. The van der Waals surface area contributed by atoms with Gasteiger partial charge in [0.2, 0.25) is 0 Å². The maximum Gasteiger partial charge on any atom is 0.272 e. The van der Waals surface area contributed by atoms with Gasteiger partial charge in [-0.1, -0.05) is 11.6 Å². The van der Waals surface area contributed by atoms with E-state index >= 15 is 0 Å². The van der Waals surface area contributed by atoms with Gasteiger partial charge < -0.3 is 9.64 Å². The Morgan fingerprint density at radius 3 is 3.18 bits per heavy atom.